The molecule has 0 saturated heterocycles. The summed E-state index contributed by atoms with van der Waals surface area (Å²) in [5.41, 5.74) is 4.14. The third-order valence-corrected chi connectivity index (χ3v) is 1.83. The molecule has 0 aromatic heterocycles. The van der Waals surface area contributed by atoms with E-state index >= 15 is 0 Å². The van der Waals surface area contributed by atoms with Gasteiger partial charge in [0.1, 0.15) is 6.67 Å². The van der Waals surface area contributed by atoms with Crippen LogP contribution in [-0.2, 0) is 6.18 Å². The number of benzene rings is 1. The van der Waals surface area contributed by atoms with Crippen LogP contribution in [0.25, 0.3) is 0 Å². The second-order valence-electron chi connectivity index (χ2n) is 2.85. The van der Waals surface area contributed by atoms with Gasteiger partial charge in [-0.2, -0.15) is 13.2 Å². The smallest absolute Gasteiger partial charge is 0.322 e. The third kappa shape index (κ3) is 2.23. The molecule has 0 aliphatic carbocycles. The molecule has 14 heavy (non-hydrogen) atoms. The minimum atomic E-state index is -4.48. The zero-order valence-electron chi connectivity index (χ0n) is 7.18. The van der Waals surface area contributed by atoms with Gasteiger partial charge in [0.25, 0.3) is 0 Å². The van der Waals surface area contributed by atoms with Crippen molar-refractivity contribution in [1.29, 1.82) is 0 Å². The highest BCUT2D eigenvalue weighted by atomic mass is 19.4. The quantitative estimate of drug-likeness (QED) is 0.741. The van der Waals surface area contributed by atoms with Crippen LogP contribution in [0, 0.1) is 0 Å². The largest absolute Gasteiger partial charge is 0.416 e. The van der Waals surface area contributed by atoms with Crippen LogP contribution in [0.1, 0.15) is 17.2 Å². The van der Waals surface area contributed by atoms with E-state index < -0.39 is 24.5 Å². The summed E-state index contributed by atoms with van der Waals surface area (Å²) in [6.45, 7) is -1.01. The van der Waals surface area contributed by atoms with Gasteiger partial charge >= 0.3 is 6.18 Å². The van der Waals surface area contributed by atoms with Crippen molar-refractivity contribution in [1.82, 2.24) is 0 Å². The first-order valence-electron chi connectivity index (χ1n) is 3.94. The molecule has 0 aliphatic heterocycles. The van der Waals surface area contributed by atoms with E-state index in [1.165, 1.54) is 18.2 Å². The predicted molar refractivity (Wildman–Crippen MR) is 44.3 cm³/mol. The fourth-order valence-electron chi connectivity index (χ4n) is 1.16. The second-order valence-corrected chi connectivity index (χ2v) is 2.85. The summed E-state index contributed by atoms with van der Waals surface area (Å²) in [6.07, 6.45) is -4.48. The standard InChI is InChI=1S/C9H9F4N/c10-5-8(14)6-3-1-2-4-7(6)9(11,12)13/h1-4,8H,5,14H2. The molecule has 0 amide bonds. The normalized spacial score (nSPS) is 14.1. The highest BCUT2D eigenvalue weighted by molar-refractivity contribution is 5.32. The average molecular weight is 207 g/mol. The minimum absolute atomic E-state index is 0.206. The first kappa shape index (κ1) is 11.0. The summed E-state index contributed by atoms with van der Waals surface area (Å²) in [6, 6.07) is 3.52. The van der Waals surface area contributed by atoms with Crippen LogP contribution in [0.15, 0.2) is 24.3 Å². The van der Waals surface area contributed by atoms with Gasteiger partial charge in [-0.1, -0.05) is 18.2 Å². The van der Waals surface area contributed by atoms with E-state index in [0.717, 1.165) is 6.07 Å². The van der Waals surface area contributed by atoms with Crippen LogP contribution in [0.2, 0.25) is 0 Å². The fraction of sp³-hybridized carbons (Fsp3) is 0.333. The topological polar surface area (TPSA) is 26.0 Å². The molecule has 1 rings (SSSR count). The Morgan fingerprint density at radius 2 is 1.79 bits per heavy atom. The van der Waals surface area contributed by atoms with E-state index in [9.17, 15) is 17.6 Å². The predicted octanol–water partition coefficient (Wildman–Crippen LogP) is 2.67. The van der Waals surface area contributed by atoms with E-state index in [2.05, 4.69) is 0 Å². The van der Waals surface area contributed by atoms with Crippen LogP contribution >= 0.6 is 0 Å². The van der Waals surface area contributed by atoms with Gasteiger partial charge in [0.2, 0.25) is 0 Å². The van der Waals surface area contributed by atoms with Crippen molar-refractivity contribution in [2.45, 2.75) is 12.2 Å². The lowest BCUT2D eigenvalue weighted by Crippen LogP contribution is -2.18. The molecule has 1 nitrogen and oxygen atoms in total. The molecular weight excluding hydrogens is 198 g/mol. The van der Waals surface area contributed by atoms with Crippen molar-refractivity contribution >= 4 is 0 Å². The number of rotatable bonds is 2. The lowest BCUT2D eigenvalue weighted by molar-refractivity contribution is -0.138. The first-order valence-corrected chi connectivity index (χ1v) is 3.94. The van der Waals surface area contributed by atoms with Gasteiger partial charge in [0, 0.05) is 0 Å². The van der Waals surface area contributed by atoms with Crippen molar-refractivity contribution in [2.24, 2.45) is 5.73 Å². The summed E-state index contributed by atoms with van der Waals surface area (Å²) < 4.78 is 49.2. The maximum Gasteiger partial charge on any atom is 0.416 e. The summed E-state index contributed by atoms with van der Waals surface area (Å²) in [5.74, 6) is 0. The summed E-state index contributed by atoms with van der Waals surface area (Å²) >= 11 is 0. The number of hydrogen-bond donors (Lipinski definition) is 1. The van der Waals surface area contributed by atoms with Crippen molar-refractivity contribution in [3.8, 4) is 0 Å². The van der Waals surface area contributed by atoms with Crippen LogP contribution in [0.3, 0.4) is 0 Å². The van der Waals surface area contributed by atoms with Gasteiger partial charge in [-0.15, -0.1) is 0 Å². The Morgan fingerprint density at radius 1 is 1.21 bits per heavy atom. The van der Waals surface area contributed by atoms with Gasteiger partial charge in [0.05, 0.1) is 11.6 Å². The Kier molecular flexibility index (Phi) is 3.10. The van der Waals surface area contributed by atoms with Crippen LogP contribution in [-0.4, -0.2) is 6.67 Å². The van der Waals surface area contributed by atoms with E-state index in [1.54, 1.807) is 0 Å². The molecule has 1 unspecified atom stereocenters. The number of halogens is 4. The Hall–Kier alpha value is -1.10. The molecule has 0 spiro atoms. The van der Waals surface area contributed by atoms with Crippen molar-refractivity contribution in [3.05, 3.63) is 35.4 Å². The molecule has 2 N–H and O–H groups in total. The highest BCUT2D eigenvalue weighted by Gasteiger charge is 2.34. The van der Waals surface area contributed by atoms with Gasteiger partial charge < -0.3 is 5.73 Å². The SMILES string of the molecule is NC(CF)c1ccccc1C(F)(F)F. The van der Waals surface area contributed by atoms with Crippen molar-refractivity contribution < 1.29 is 17.6 Å². The second kappa shape index (κ2) is 3.96. The molecule has 0 radical (unpaired) electrons. The van der Waals surface area contributed by atoms with E-state index in [-0.39, 0.29) is 5.56 Å². The fourth-order valence-corrected chi connectivity index (χ4v) is 1.16. The minimum Gasteiger partial charge on any atom is -0.322 e. The molecule has 5 heteroatoms. The Bertz CT molecular complexity index is 308. The molecule has 0 fully saturated rings. The Labute approximate surface area is 78.5 Å². The molecule has 0 heterocycles. The van der Waals surface area contributed by atoms with Gasteiger partial charge in [-0.05, 0) is 11.6 Å². The molecule has 1 aromatic carbocycles. The van der Waals surface area contributed by atoms with Crippen molar-refractivity contribution in [2.75, 3.05) is 6.67 Å². The molecular formula is C9H9F4N. The summed E-state index contributed by atoms with van der Waals surface area (Å²) in [5, 5.41) is 0. The first-order chi connectivity index (χ1) is 6.46. The average Bonchev–Trinajstić information content (AvgIpc) is 2.15. The molecule has 1 atom stereocenters. The van der Waals surface area contributed by atoms with E-state index in [4.69, 9.17) is 5.73 Å². The van der Waals surface area contributed by atoms with Gasteiger partial charge in [-0.25, -0.2) is 4.39 Å². The van der Waals surface area contributed by atoms with Crippen LogP contribution in [0.5, 0.6) is 0 Å². The molecule has 0 bridgehead atoms. The van der Waals surface area contributed by atoms with Gasteiger partial charge in [0.15, 0.2) is 0 Å². The number of hydrogen-bond acceptors (Lipinski definition) is 1. The van der Waals surface area contributed by atoms with Crippen LogP contribution in [0.4, 0.5) is 17.6 Å². The zero-order valence-corrected chi connectivity index (χ0v) is 7.18. The van der Waals surface area contributed by atoms with Gasteiger partial charge in [-0.3, -0.25) is 0 Å². The van der Waals surface area contributed by atoms with E-state index in [1.807, 2.05) is 0 Å². The Morgan fingerprint density at radius 3 is 2.29 bits per heavy atom. The lowest BCUT2D eigenvalue weighted by atomic mass is 10.0. The molecule has 0 saturated carbocycles. The maximum absolute atomic E-state index is 12.4. The molecule has 78 valence electrons. The van der Waals surface area contributed by atoms with E-state index in [0.29, 0.717) is 0 Å². The molecule has 0 aliphatic rings. The zero-order chi connectivity index (χ0) is 10.8. The summed E-state index contributed by atoms with van der Waals surface area (Å²) in [7, 11) is 0. The van der Waals surface area contributed by atoms with Crippen LogP contribution < -0.4 is 5.73 Å². The number of alkyl halides is 4. The monoisotopic (exact) mass is 207 g/mol. The maximum atomic E-state index is 12.4. The highest BCUT2D eigenvalue weighted by Crippen LogP contribution is 2.33. The third-order valence-electron chi connectivity index (χ3n) is 1.83. The van der Waals surface area contributed by atoms with Crippen molar-refractivity contribution in [3.63, 3.8) is 0 Å². The summed E-state index contributed by atoms with van der Waals surface area (Å²) in [4.78, 5) is 0. The molecule has 1 aromatic rings. The Balaban J connectivity index is 3.16. The number of nitrogens with two attached hydrogens (primary N) is 1. The lowest BCUT2D eigenvalue weighted by Gasteiger charge is -2.15.